The van der Waals surface area contributed by atoms with Gasteiger partial charge in [0, 0.05) is 11.1 Å². The van der Waals surface area contributed by atoms with Crippen molar-refractivity contribution in [2.45, 2.75) is 10.1 Å². The summed E-state index contributed by atoms with van der Waals surface area (Å²) in [6, 6.07) is 3.85. The van der Waals surface area contributed by atoms with Gasteiger partial charge in [-0.1, -0.05) is 11.6 Å². The predicted octanol–water partition coefficient (Wildman–Crippen LogP) is 2.23. The van der Waals surface area contributed by atoms with Gasteiger partial charge in [-0.25, -0.2) is 4.98 Å². The molecular weight excluding hydrogens is 194 g/mol. The molecule has 1 aliphatic heterocycles. The van der Waals surface area contributed by atoms with Crippen molar-refractivity contribution in [3.05, 3.63) is 23.5 Å². The average Bonchev–Trinajstić information content (AvgIpc) is 1.97. The van der Waals surface area contributed by atoms with Crippen LogP contribution < -0.4 is 0 Å². The first-order valence-electron chi connectivity index (χ1n) is 3.70. The smallest absolute Gasteiger partial charge is 0.130 e. The Morgan fingerprint density at radius 3 is 3.00 bits per heavy atom. The largest absolute Gasteiger partial charge is 0.379 e. The molecule has 0 saturated carbocycles. The molecule has 1 saturated heterocycles. The summed E-state index contributed by atoms with van der Waals surface area (Å²) < 4.78 is 5.07. The van der Waals surface area contributed by atoms with Gasteiger partial charge in [-0.2, -0.15) is 0 Å². The van der Waals surface area contributed by atoms with Crippen LogP contribution in [0.5, 0.6) is 0 Å². The number of rotatable bonds is 2. The van der Waals surface area contributed by atoms with Crippen molar-refractivity contribution in [1.29, 1.82) is 0 Å². The maximum Gasteiger partial charge on any atom is 0.130 e. The molecule has 0 atom stereocenters. The highest BCUT2D eigenvalue weighted by molar-refractivity contribution is 8.00. The molecule has 0 aromatic carbocycles. The molecular formula is C8H8ClNOS. The minimum absolute atomic E-state index is 0.556. The van der Waals surface area contributed by atoms with Gasteiger partial charge in [0.25, 0.3) is 0 Å². The zero-order chi connectivity index (χ0) is 8.39. The lowest BCUT2D eigenvalue weighted by Gasteiger charge is -2.24. The van der Waals surface area contributed by atoms with Gasteiger partial charge in [0.1, 0.15) is 5.15 Å². The van der Waals surface area contributed by atoms with Crippen molar-refractivity contribution < 1.29 is 4.74 Å². The van der Waals surface area contributed by atoms with E-state index in [1.54, 1.807) is 18.0 Å². The van der Waals surface area contributed by atoms with E-state index in [1.807, 2.05) is 12.1 Å². The van der Waals surface area contributed by atoms with Crippen molar-refractivity contribution in [2.24, 2.45) is 0 Å². The van der Waals surface area contributed by atoms with Crippen molar-refractivity contribution in [3.8, 4) is 0 Å². The topological polar surface area (TPSA) is 22.1 Å². The third-order valence-electron chi connectivity index (χ3n) is 1.61. The van der Waals surface area contributed by atoms with Gasteiger partial charge >= 0.3 is 0 Å². The summed E-state index contributed by atoms with van der Waals surface area (Å²) in [7, 11) is 0. The highest BCUT2D eigenvalue weighted by Crippen LogP contribution is 2.28. The first-order chi connectivity index (χ1) is 5.84. The molecule has 0 spiro atoms. The normalized spacial score (nSPS) is 17.4. The predicted molar refractivity (Wildman–Crippen MR) is 49.7 cm³/mol. The summed E-state index contributed by atoms with van der Waals surface area (Å²) in [6.07, 6.45) is 1.73. The molecule has 1 fully saturated rings. The summed E-state index contributed by atoms with van der Waals surface area (Å²) in [6.45, 7) is 1.70. The van der Waals surface area contributed by atoms with E-state index < -0.39 is 0 Å². The number of aromatic nitrogens is 1. The fourth-order valence-corrected chi connectivity index (χ4v) is 2.20. The quantitative estimate of drug-likeness (QED) is 0.686. The highest BCUT2D eigenvalue weighted by atomic mass is 35.5. The van der Waals surface area contributed by atoms with Crippen LogP contribution in [-0.2, 0) is 4.74 Å². The van der Waals surface area contributed by atoms with Gasteiger partial charge in [-0.05, 0) is 12.1 Å². The standard InChI is InChI=1S/C8H8ClNOS/c9-8-3-6(1-2-10-8)12-7-4-11-5-7/h1-3,7H,4-5H2. The maximum atomic E-state index is 5.73. The van der Waals surface area contributed by atoms with Crippen molar-refractivity contribution >= 4 is 23.4 Å². The Kier molecular flexibility index (Phi) is 2.54. The SMILES string of the molecule is Clc1cc(SC2COC2)ccn1. The van der Waals surface area contributed by atoms with E-state index in [1.165, 1.54) is 4.90 Å². The third kappa shape index (κ3) is 1.91. The van der Waals surface area contributed by atoms with Crippen LogP contribution in [0.4, 0.5) is 0 Å². The first-order valence-corrected chi connectivity index (χ1v) is 4.96. The second kappa shape index (κ2) is 3.64. The van der Waals surface area contributed by atoms with E-state index in [2.05, 4.69) is 4.98 Å². The monoisotopic (exact) mass is 201 g/mol. The minimum atomic E-state index is 0.556. The number of thioether (sulfide) groups is 1. The fourth-order valence-electron chi connectivity index (χ4n) is 0.933. The highest BCUT2D eigenvalue weighted by Gasteiger charge is 2.19. The molecule has 4 heteroatoms. The molecule has 0 aliphatic carbocycles. The van der Waals surface area contributed by atoms with Gasteiger partial charge in [-0.15, -0.1) is 11.8 Å². The molecule has 1 aliphatic rings. The van der Waals surface area contributed by atoms with E-state index >= 15 is 0 Å². The summed E-state index contributed by atoms with van der Waals surface area (Å²) >= 11 is 7.53. The van der Waals surface area contributed by atoms with Crippen LogP contribution >= 0.6 is 23.4 Å². The van der Waals surface area contributed by atoms with E-state index in [0.29, 0.717) is 10.4 Å². The Morgan fingerprint density at radius 1 is 1.58 bits per heavy atom. The number of hydrogen-bond donors (Lipinski definition) is 0. The Hall–Kier alpha value is -0.250. The second-order valence-electron chi connectivity index (χ2n) is 2.59. The zero-order valence-electron chi connectivity index (χ0n) is 6.37. The maximum absolute atomic E-state index is 5.73. The Balaban J connectivity index is 2.02. The summed E-state index contributed by atoms with van der Waals surface area (Å²) in [5, 5.41) is 1.16. The van der Waals surface area contributed by atoms with Crippen LogP contribution in [0.15, 0.2) is 23.2 Å². The minimum Gasteiger partial charge on any atom is -0.379 e. The van der Waals surface area contributed by atoms with Crippen LogP contribution in [0.2, 0.25) is 5.15 Å². The molecule has 0 unspecified atom stereocenters. The summed E-state index contributed by atoms with van der Waals surface area (Å²) in [5.41, 5.74) is 0. The van der Waals surface area contributed by atoms with Crippen LogP contribution in [0.1, 0.15) is 0 Å². The molecule has 64 valence electrons. The molecule has 0 radical (unpaired) electrons. The Labute approximate surface area is 80.3 Å². The van der Waals surface area contributed by atoms with Gasteiger partial charge < -0.3 is 4.74 Å². The number of ether oxygens (including phenoxy) is 1. The summed E-state index contributed by atoms with van der Waals surface area (Å²) in [4.78, 5) is 5.08. The molecule has 0 amide bonds. The van der Waals surface area contributed by atoms with Crippen LogP contribution in [0, 0.1) is 0 Å². The van der Waals surface area contributed by atoms with Crippen LogP contribution in [0.25, 0.3) is 0 Å². The molecule has 2 heterocycles. The van der Waals surface area contributed by atoms with Gasteiger partial charge in [0.15, 0.2) is 0 Å². The average molecular weight is 202 g/mol. The number of hydrogen-bond acceptors (Lipinski definition) is 3. The lowest BCUT2D eigenvalue weighted by molar-refractivity contribution is 0.0455. The fraction of sp³-hybridized carbons (Fsp3) is 0.375. The Bertz CT molecular complexity index is 278. The first kappa shape index (κ1) is 8.35. The number of nitrogens with zero attached hydrogens (tertiary/aromatic N) is 1. The molecule has 0 bridgehead atoms. The van der Waals surface area contributed by atoms with E-state index in [4.69, 9.17) is 16.3 Å². The number of halogens is 1. The van der Waals surface area contributed by atoms with Gasteiger partial charge in [0.2, 0.25) is 0 Å². The van der Waals surface area contributed by atoms with Crippen molar-refractivity contribution in [2.75, 3.05) is 13.2 Å². The zero-order valence-corrected chi connectivity index (χ0v) is 7.94. The second-order valence-corrected chi connectivity index (χ2v) is 4.35. The van der Waals surface area contributed by atoms with E-state index in [-0.39, 0.29) is 0 Å². The molecule has 1 aromatic heterocycles. The number of pyridine rings is 1. The van der Waals surface area contributed by atoms with Gasteiger partial charge in [0.05, 0.1) is 18.5 Å². The molecule has 0 N–H and O–H groups in total. The summed E-state index contributed by atoms with van der Waals surface area (Å²) in [5.74, 6) is 0. The molecule has 2 nitrogen and oxygen atoms in total. The lowest BCUT2D eigenvalue weighted by atomic mass is 10.4. The molecule has 1 aromatic rings. The van der Waals surface area contributed by atoms with Crippen molar-refractivity contribution in [3.63, 3.8) is 0 Å². The Morgan fingerprint density at radius 2 is 2.42 bits per heavy atom. The van der Waals surface area contributed by atoms with E-state index in [9.17, 15) is 0 Å². The van der Waals surface area contributed by atoms with E-state index in [0.717, 1.165) is 13.2 Å². The molecule has 12 heavy (non-hydrogen) atoms. The van der Waals surface area contributed by atoms with Gasteiger partial charge in [-0.3, -0.25) is 0 Å². The van der Waals surface area contributed by atoms with Crippen molar-refractivity contribution in [1.82, 2.24) is 4.98 Å². The lowest BCUT2D eigenvalue weighted by Crippen LogP contribution is -2.29. The third-order valence-corrected chi connectivity index (χ3v) is 2.95. The van der Waals surface area contributed by atoms with Crippen LogP contribution in [-0.4, -0.2) is 23.4 Å². The molecule has 2 rings (SSSR count). The van der Waals surface area contributed by atoms with Crippen LogP contribution in [0.3, 0.4) is 0 Å².